The molecule has 4 heteroatoms. The molecule has 0 radical (unpaired) electrons. The lowest BCUT2D eigenvalue weighted by atomic mass is 9.92. The van der Waals surface area contributed by atoms with E-state index >= 15 is 0 Å². The number of hydrogen-bond donors (Lipinski definition) is 1. The average Bonchev–Trinajstić information content (AvgIpc) is 2.67. The van der Waals surface area contributed by atoms with Gasteiger partial charge >= 0.3 is 0 Å². The molecule has 2 aliphatic heterocycles. The first-order valence-electron chi connectivity index (χ1n) is 6.87. The van der Waals surface area contributed by atoms with Crippen LogP contribution in [0.3, 0.4) is 0 Å². The molecule has 0 aliphatic carbocycles. The standard InChI is InChI=1S/C15H18N2O2/c1-10-5-4-8-16-13(10)9-17-14(18)11-6-2-3-7-12(11)15(17)19/h2-3,6-7,10,13,16H,4-5,8-9H2,1H3/t10-,13-/m0/s1. The van der Waals surface area contributed by atoms with Crippen LogP contribution in [0, 0.1) is 5.92 Å². The van der Waals surface area contributed by atoms with Crippen LogP contribution < -0.4 is 5.32 Å². The monoisotopic (exact) mass is 258 g/mol. The van der Waals surface area contributed by atoms with Crippen molar-refractivity contribution < 1.29 is 9.59 Å². The van der Waals surface area contributed by atoms with Gasteiger partial charge in [0.25, 0.3) is 11.8 Å². The van der Waals surface area contributed by atoms with E-state index in [1.807, 2.05) is 0 Å². The summed E-state index contributed by atoms with van der Waals surface area (Å²) in [4.78, 5) is 25.9. The third kappa shape index (κ3) is 2.06. The molecule has 2 heterocycles. The third-order valence-electron chi connectivity index (χ3n) is 4.19. The number of carbonyl (C=O) groups excluding carboxylic acids is 2. The van der Waals surface area contributed by atoms with Crippen LogP contribution >= 0.6 is 0 Å². The van der Waals surface area contributed by atoms with Gasteiger partial charge in [0.2, 0.25) is 0 Å². The molecule has 1 fully saturated rings. The molecule has 0 spiro atoms. The highest BCUT2D eigenvalue weighted by molar-refractivity contribution is 6.21. The molecule has 0 saturated carbocycles. The molecule has 1 aromatic rings. The number of piperidine rings is 1. The topological polar surface area (TPSA) is 49.4 Å². The molecule has 0 aromatic heterocycles. The third-order valence-corrected chi connectivity index (χ3v) is 4.19. The van der Waals surface area contributed by atoms with E-state index in [0.29, 0.717) is 23.6 Å². The number of benzene rings is 1. The van der Waals surface area contributed by atoms with E-state index in [4.69, 9.17) is 0 Å². The van der Waals surface area contributed by atoms with Crippen molar-refractivity contribution in [2.24, 2.45) is 5.92 Å². The molecule has 2 aliphatic rings. The lowest BCUT2D eigenvalue weighted by Gasteiger charge is -2.32. The molecule has 2 atom stereocenters. The number of nitrogens with zero attached hydrogens (tertiary/aromatic N) is 1. The van der Waals surface area contributed by atoms with Gasteiger partial charge in [0, 0.05) is 12.6 Å². The van der Waals surface area contributed by atoms with E-state index in [1.165, 1.54) is 11.3 Å². The summed E-state index contributed by atoms with van der Waals surface area (Å²) >= 11 is 0. The highest BCUT2D eigenvalue weighted by Gasteiger charge is 2.37. The first kappa shape index (κ1) is 12.4. The molecule has 4 nitrogen and oxygen atoms in total. The molecule has 0 unspecified atom stereocenters. The zero-order valence-corrected chi connectivity index (χ0v) is 11.1. The molecule has 19 heavy (non-hydrogen) atoms. The van der Waals surface area contributed by atoms with Gasteiger partial charge in [-0.2, -0.15) is 0 Å². The van der Waals surface area contributed by atoms with E-state index in [1.54, 1.807) is 24.3 Å². The van der Waals surface area contributed by atoms with Crippen molar-refractivity contribution in [3.8, 4) is 0 Å². The summed E-state index contributed by atoms with van der Waals surface area (Å²) in [5.74, 6) is 0.193. The minimum Gasteiger partial charge on any atom is -0.312 e. The average molecular weight is 258 g/mol. The Bertz CT molecular complexity index is 492. The van der Waals surface area contributed by atoms with Gasteiger partial charge in [-0.1, -0.05) is 19.1 Å². The maximum Gasteiger partial charge on any atom is 0.261 e. The molecule has 1 aromatic carbocycles. The van der Waals surface area contributed by atoms with Crippen molar-refractivity contribution in [2.75, 3.05) is 13.1 Å². The van der Waals surface area contributed by atoms with E-state index < -0.39 is 0 Å². The van der Waals surface area contributed by atoms with Crippen molar-refractivity contribution in [1.29, 1.82) is 0 Å². The number of amides is 2. The van der Waals surface area contributed by atoms with Crippen LogP contribution in [0.25, 0.3) is 0 Å². The van der Waals surface area contributed by atoms with Gasteiger partial charge in [0.05, 0.1) is 11.1 Å². The molecular formula is C15H18N2O2. The van der Waals surface area contributed by atoms with Crippen molar-refractivity contribution >= 4 is 11.8 Å². The molecule has 1 N–H and O–H groups in total. The Kier molecular flexibility index (Phi) is 3.11. The molecule has 0 bridgehead atoms. The summed E-state index contributed by atoms with van der Waals surface area (Å²) in [7, 11) is 0. The SMILES string of the molecule is C[C@H]1CCCN[C@H]1CN1C(=O)c2ccccc2C1=O. The summed E-state index contributed by atoms with van der Waals surface area (Å²) in [6.07, 6.45) is 2.32. The van der Waals surface area contributed by atoms with Gasteiger partial charge in [-0.25, -0.2) is 0 Å². The predicted octanol–water partition coefficient (Wildman–Crippen LogP) is 1.67. The van der Waals surface area contributed by atoms with Gasteiger partial charge in [0.15, 0.2) is 0 Å². The van der Waals surface area contributed by atoms with Crippen molar-refractivity contribution in [3.63, 3.8) is 0 Å². The lowest BCUT2D eigenvalue weighted by molar-refractivity contribution is 0.0619. The highest BCUT2D eigenvalue weighted by atomic mass is 16.2. The smallest absolute Gasteiger partial charge is 0.261 e. The first-order chi connectivity index (χ1) is 9.18. The van der Waals surface area contributed by atoms with E-state index in [9.17, 15) is 9.59 Å². The molecule has 100 valence electrons. The maximum absolute atomic E-state index is 12.3. The number of hydrogen-bond acceptors (Lipinski definition) is 3. The van der Waals surface area contributed by atoms with Crippen LogP contribution in [0.15, 0.2) is 24.3 Å². The fourth-order valence-electron chi connectivity index (χ4n) is 2.96. The summed E-state index contributed by atoms with van der Waals surface area (Å²) in [5.41, 5.74) is 1.08. The van der Waals surface area contributed by atoms with Crippen LogP contribution in [0.1, 0.15) is 40.5 Å². The molecular weight excluding hydrogens is 240 g/mol. The van der Waals surface area contributed by atoms with Crippen LogP contribution in [-0.2, 0) is 0 Å². The Hall–Kier alpha value is -1.68. The summed E-state index contributed by atoms with van der Waals surface area (Å²) < 4.78 is 0. The van der Waals surface area contributed by atoms with Crippen molar-refractivity contribution in [2.45, 2.75) is 25.8 Å². The minimum atomic E-state index is -0.153. The summed E-state index contributed by atoms with van der Waals surface area (Å²) in [5, 5.41) is 3.42. The Morgan fingerprint density at radius 3 is 2.42 bits per heavy atom. The number of rotatable bonds is 2. The minimum absolute atomic E-state index is 0.153. The van der Waals surface area contributed by atoms with Gasteiger partial charge in [-0.3, -0.25) is 14.5 Å². The summed E-state index contributed by atoms with van der Waals surface area (Å²) in [6.45, 7) is 3.63. The number of nitrogens with one attached hydrogen (secondary N) is 1. The Morgan fingerprint density at radius 1 is 1.21 bits per heavy atom. The van der Waals surface area contributed by atoms with Crippen LogP contribution in [0.5, 0.6) is 0 Å². The van der Waals surface area contributed by atoms with Crippen LogP contribution in [-0.4, -0.2) is 35.8 Å². The van der Waals surface area contributed by atoms with Crippen LogP contribution in [0.4, 0.5) is 0 Å². The number of carbonyl (C=O) groups is 2. The van der Waals surface area contributed by atoms with Gasteiger partial charge in [0.1, 0.15) is 0 Å². The molecule has 3 rings (SSSR count). The quantitative estimate of drug-likeness (QED) is 0.821. The normalized spacial score (nSPS) is 26.7. The van der Waals surface area contributed by atoms with Crippen LogP contribution in [0.2, 0.25) is 0 Å². The second-order valence-corrected chi connectivity index (χ2v) is 5.45. The highest BCUT2D eigenvalue weighted by Crippen LogP contribution is 2.24. The van der Waals surface area contributed by atoms with Crippen molar-refractivity contribution in [3.05, 3.63) is 35.4 Å². The maximum atomic E-state index is 12.3. The van der Waals surface area contributed by atoms with E-state index in [-0.39, 0.29) is 17.9 Å². The van der Waals surface area contributed by atoms with E-state index in [0.717, 1.165) is 13.0 Å². The largest absolute Gasteiger partial charge is 0.312 e. The van der Waals surface area contributed by atoms with E-state index in [2.05, 4.69) is 12.2 Å². The number of fused-ring (bicyclic) bond motifs is 1. The molecule has 2 amide bonds. The fourth-order valence-corrected chi connectivity index (χ4v) is 2.96. The Labute approximate surface area is 112 Å². The second kappa shape index (κ2) is 4.78. The lowest BCUT2D eigenvalue weighted by Crippen LogP contribution is -2.49. The number of imide groups is 1. The zero-order valence-electron chi connectivity index (χ0n) is 11.1. The van der Waals surface area contributed by atoms with Crippen molar-refractivity contribution in [1.82, 2.24) is 10.2 Å². The van der Waals surface area contributed by atoms with Gasteiger partial charge < -0.3 is 5.32 Å². The Balaban J connectivity index is 1.80. The fraction of sp³-hybridized carbons (Fsp3) is 0.467. The summed E-state index contributed by atoms with van der Waals surface area (Å²) in [6, 6.07) is 7.28. The zero-order chi connectivity index (χ0) is 13.4. The molecule has 1 saturated heterocycles. The second-order valence-electron chi connectivity index (χ2n) is 5.45. The van der Waals surface area contributed by atoms with Gasteiger partial charge in [-0.05, 0) is 37.4 Å². The van der Waals surface area contributed by atoms with Gasteiger partial charge in [-0.15, -0.1) is 0 Å². The first-order valence-corrected chi connectivity index (χ1v) is 6.87. The predicted molar refractivity (Wildman–Crippen MR) is 72.0 cm³/mol. The Morgan fingerprint density at radius 2 is 1.84 bits per heavy atom.